The normalized spacial score (nSPS) is 14.2. The van der Waals surface area contributed by atoms with Crippen LogP contribution in [0.25, 0.3) is 0 Å². The zero-order chi connectivity index (χ0) is 27.6. The molecule has 4 rings (SSSR count). The van der Waals surface area contributed by atoms with Gasteiger partial charge in [-0.25, -0.2) is 18.0 Å². The molecule has 0 saturated heterocycles. The van der Waals surface area contributed by atoms with Crippen molar-refractivity contribution in [1.29, 1.82) is 0 Å². The number of alkyl halides is 3. The molecule has 2 aromatic carbocycles. The first-order valence-corrected chi connectivity index (χ1v) is 11.4. The van der Waals surface area contributed by atoms with Crippen molar-refractivity contribution >= 4 is 12.0 Å². The minimum atomic E-state index is -4.73. The summed E-state index contributed by atoms with van der Waals surface area (Å²) in [5.74, 6) is -5.80. The lowest BCUT2D eigenvalue weighted by Crippen LogP contribution is -2.46. The van der Waals surface area contributed by atoms with Gasteiger partial charge in [0.15, 0.2) is 17.5 Å². The Balaban J connectivity index is 1.60. The Hall–Kier alpha value is -4.10. The number of carbonyl (C=O) groups is 2. The molecule has 1 aliphatic rings. The molecule has 0 saturated carbocycles. The number of hydrogen-bond donors (Lipinski definition) is 1. The molecule has 202 valence electrons. The molecule has 14 heteroatoms. The molecule has 0 aliphatic carbocycles. The number of carboxylic acid groups (broad SMARTS) is 1. The first-order valence-electron chi connectivity index (χ1n) is 11.4. The van der Waals surface area contributed by atoms with E-state index in [-0.39, 0.29) is 37.6 Å². The van der Waals surface area contributed by atoms with Gasteiger partial charge in [0, 0.05) is 38.2 Å². The van der Waals surface area contributed by atoms with Crippen molar-refractivity contribution in [3.63, 3.8) is 0 Å². The van der Waals surface area contributed by atoms with Crippen molar-refractivity contribution in [3.8, 4) is 0 Å². The molecular weight excluding hydrogens is 520 g/mol. The summed E-state index contributed by atoms with van der Waals surface area (Å²) < 4.78 is 82.0. The first-order chi connectivity index (χ1) is 17.9. The molecule has 0 fully saturated rings. The lowest BCUT2D eigenvalue weighted by atomic mass is 9.99. The number of amides is 2. The number of hydrogen-bond acceptors (Lipinski definition) is 4. The van der Waals surface area contributed by atoms with E-state index in [1.807, 2.05) is 0 Å². The van der Waals surface area contributed by atoms with E-state index < -0.39 is 60.3 Å². The molecule has 1 aromatic heterocycles. The Morgan fingerprint density at radius 2 is 1.68 bits per heavy atom. The van der Waals surface area contributed by atoms with Crippen molar-refractivity contribution in [2.75, 3.05) is 6.54 Å². The summed E-state index contributed by atoms with van der Waals surface area (Å²) in [5.41, 5.74) is 0.220. The van der Waals surface area contributed by atoms with Gasteiger partial charge >= 0.3 is 12.3 Å². The Labute approximate surface area is 212 Å². The lowest BCUT2D eigenvalue weighted by Gasteiger charge is -2.33. The molecule has 0 spiro atoms. The van der Waals surface area contributed by atoms with Gasteiger partial charge in [0.05, 0.1) is 6.54 Å². The molecule has 1 aliphatic heterocycles. The van der Waals surface area contributed by atoms with Crippen LogP contribution in [0.1, 0.15) is 29.2 Å². The Kier molecular flexibility index (Phi) is 7.60. The molecule has 0 bridgehead atoms. The van der Waals surface area contributed by atoms with Crippen LogP contribution in [0.4, 0.5) is 31.1 Å². The fourth-order valence-corrected chi connectivity index (χ4v) is 4.31. The highest BCUT2D eigenvalue weighted by molar-refractivity contribution is 5.78. The molecular formula is C24H21F6N5O3. The number of halogens is 6. The third-order valence-corrected chi connectivity index (χ3v) is 6.20. The lowest BCUT2D eigenvalue weighted by molar-refractivity contribution is -0.148. The molecule has 8 nitrogen and oxygen atoms in total. The zero-order valence-electron chi connectivity index (χ0n) is 19.6. The number of carbonyl (C=O) groups excluding carboxylic acids is 1. The standard InChI is InChI=1S/C24H21F6N5O3/c25-17-11-19(27)18(26)9-15(17)8-16(35(23(37)38)12-14-4-2-1-3-5-14)10-21(36)33-6-7-34-20(13-33)31-32-22(34)24(28,29)30/h1-5,9,11,16H,6-8,10,12-13H2,(H,37,38)/t16-/m1/s1. The molecule has 38 heavy (non-hydrogen) atoms. The average molecular weight is 541 g/mol. The van der Waals surface area contributed by atoms with Crippen LogP contribution in [0, 0.1) is 17.5 Å². The van der Waals surface area contributed by atoms with Gasteiger partial charge in [-0.15, -0.1) is 10.2 Å². The number of nitrogens with zero attached hydrogens (tertiary/aromatic N) is 5. The highest BCUT2D eigenvalue weighted by Crippen LogP contribution is 2.30. The van der Waals surface area contributed by atoms with E-state index >= 15 is 0 Å². The smallest absolute Gasteiger partial charge is 0.451 e. The summed E-state index contributed by atoms with van der Waals surface area (Å²) in [4.78, 5) is 27.5. The van der Waals surface area contributed by atoms with Gasteiger partial charge in [-0.2, -0.15) is 13.2 Å². The summed E-state index contributed by atoms with van der Waals surface area (Å²) in [7, 11) is 0. The first kappa shape index (κ1) is 26.9. The fraction of sp³-hybridized carbons (Fsp3) is 0.333. The molecule has 2 heterocycles. The van der Waals surface area contributed by atoms with Crippen LogP contribution >= 0.6 is 0 Å². The summed E-state index contributed by atoms with van der Waals surface area (Å²) in [6, 6.07) is 8.06. The molecule has 1 N–H and O–H groups in total. The maximum Gasteiger partial charge on any atom is 0.451 e. The van der Waals surface area contributed by atoms with E-state index in [2.05, 4.69) is 10.2 Å². The van der Waals surface area contributed by atoms with E-state index in [0.29, 0.717) is 17.7 Å². The van der Waals surface area contributed by atoms with Crippen molar-refractivity contribution < 1.29 is 41.0 Å². The van der Waals surface area contributed by atoms with Gasteiger partial charge in [0.25, 0.3) is 0 Å². The van der Waals surface area contributed by atoms with Gasteiger partial charge in [0.1, 0.15) is 5.82 Å². The minimum Gasteiger partial charge on any atom is -0.465 e. The predicted molar refractivity (Wildman–Crippen MR) is 119 cm³/mol. The SMILES string of the molecule is O=C(C[C@@H](Cc1cc(F)c(F)cc1F)N(Cc1ccccc1)C(=O)O)N1CCn2c(nnc2C(F)(F)F)C1. The van der Waals surface area contributed by atoms with Crippen molar-refractivity contribution in [2.45, 2.75) is 44.7 Å². The predicted octanol–water partition coefficient (Wildman–Crippen LogP) is 4.24. The Morgan fingerprint density at radius 1 is 1.00 bits per heavy atom. The van der Waals surface area contributed by atoms with E-state index in [9.17, 15) is 41.0 Å². The van der Waals surface area contributed by atoms with E-state index in [1.165, 1.54) is 4.90 Å². The quantitative estimate of drug-likeness (QED) is 0.357. The second-order valence-corrected chi connectivity index (χ2v) is 8.72. The van der Waals surface area contributed by atoms with Crippen LogP contribution in [0.2, 0.25) is 0 Å². The van der Waals surface area contributed by atoms with Gasteiger partial charge in [-0.05, 0) is 23.6 Å². The number of rotatable bonds is 7. The van der Waals surface area contributed by atoms with Crippen molar-refractivity contribution in [1.82, 2.24) is 24.6 Å². The monoisotopic (exact) mass is 541 g/mol. The second kappa shape index (κ2) is 10.7. The van der Waals surface area contributed by atoms with Crippen LogP contribution in [-0.2, 0) is 37.0 Å². The fourth-order valence-electron chi connectivity index (χ4n) is 4.31. The largest absolute Gasteiger partial charge is 0.465 e. The van der Waals surface area contributed by atoms with Crippen molar-refractivity contribution in [3.05, 3.63) is 82.7 Å². The molecule has 2 amide bonds. The van der Waals surface area contributed by atoms with Gasteiger partial charge in [0.2, 0.25) is 11.7 Å². The molecule has 1 atom stereocenters. The average Bonchev–Trinajstić information content (AvgIpc) is 3.30. The molecule has 3 aromatic rings. The molecule has 0 unspecified atom stereocenters. The van der Waals surface area contributed by atoms with Crippen molar-refractivity contribution in [2.24, 2.45) is 0 Å². The van der Waals surface area contributed by atoms with E-state index in [4.69, 9.17) is 0 Å². The third-order valence-electron chi connectivity index (χ3n) is 6.20. The highest BCUT2D eigenvalue weighted by atomic mass is 19.4. The third kappa shape index (κ3) is 5.89. The Bertz CT molecular complexity index is 1330. The summed E-state index contributed by atoms with van der Waals surface area (Å²) in [6.07, 6.45) is -7.13. The minimum absolute atomic E-state index is 0.0977. The maximum atomic E-state index is 14.5. The van der Waals surface area contributed by atoms with Crippen LogP contribution in [0.5, 0.6) is 0 Å². The maximum absolute atomic E-state index is 14.5. The van der Waals surface area contributed by atoms with Crippen LogP contribution in [0.3, 0.4) is 0 Å². The van der Waals surface area contributed by atoms with E-state index in [0.717, 1.165) is 9.47 Å². The van der Waals surface area contributed by atoms with Crippen LogP contribution < -0.4 is 0 Å². The van der Waals surface area contributed by atoms with Crippen LogP contribution in [0.15, 0.2) is 42.5 Å². The topological polar surface area (TPSA) is 91.6 Å². The van der Waals surface area contributed by atoms with Gasteiger partial charge < -0.3 is 19.5 Å². The Morgan fingerprint density at radius 3 is 2.34 bits per heavy atom. The number of fused-ring (bicyclic) bond motifs is 1. The summed E-state index contributed by atoms with van der Waals surface area (Å²) in [5, 5.41) is 16.6. The summed E-state index contributed by atoms with van der Waals surface area (Å²) in [6.45, 7) is -0.869. The van der Waals surface area contributed by atoms with Crippen LogP contribution in [-0.4, -0.2) is 54.3 Å². The zero-order valence-corrected chi connectivity index (χ0v) is 19.6. The van der Waals surface area contributed by atoms with Gasteiger partial charge in [-0.1, -0.05) is 30.3 Å². The number of benzene rings is 2. The van der Waals surface area contributed by atoms with E-state index in [1.54, 1.807) is 30.3 Å². The highest BCUT2D eigenvalue weighted by Gasteiger charge is 2.40. The molecule has 0 radical (unpaired) electrons. The summed E-state index contributed by atoms with van der Waals surface area (Å²) >= 11 is 0. The number of aromatic nitrogens is 3. The second-order valence-electron chi connectivity index (χ2n) is 8.72. The van der Waals surface area contributed by atoms with Gasteiger partial charge in [-0.3, -0.25) is 4.79 Å².